The average Bonchev–Trinajstić information content (AvgIpc) is 2.95. The smallest absolute Gasteiger partial charge is 0.324 e. The number of rotatable bonds is 2. The number of nitrogens with zero attached hydrogens (tertiary/aromatic N) is 3. The fourth-order valence-electron chi connectivity index (χ4n) is 2.02. The molecule has 0 saturated carbocycles. The third-order valence-electron chi connectivity index (χ3n) is 2.91. The van der Waals surface area contributed by atoms with E-state index in [-0.39, 0.29) is 5.00 Å². The number of nitrogens with two attached hydrogens (primary N) is 1. The number of halogens is 1. The lowest BCUT2D eigenvalue weighted by molar-refractivity contribution is -0.380. The van der Waals surface area contributed by atoms with Crippen molar-refractivity contribution in [2.45, 2.75) is 6.92 Å². The van der Waals surface area contributed by atoms with Gasteiger partial charge in [0.15, 0.2) is 0 Å². The van der Waals surface area contributed by atoms with Gasteiger partial charge in [-0.2, -0.15) is 0 Å². The molecule has 0 atom stereocenters. The van der Waals surface area contributed by atoms with Crippen LogP contribution >= 0.6 is 27.3 Å². The molecule has 0 spiro atoms. The Morgan fingerprint density at radius 1 is 1.50 bits per heavy atom. The number of pyridine rings is 1. The molecule has 0 aromatic carbocycles. The minimum atomic E-state index is -0.415. The monoisotopic (exact) mass is 352 g/mol. The van der Waals surface area contributed by atoms with Crippen LogP contribution in [0.3, 0.4) is 0 Å². The van der Waals surface area contributed by atoms with Gasteiger partial charge >= 0.3 is 5.00 Å². The number of anilines is 1. The van der Waals surface area contributed by atoms with Crippen molar-refractivity contribution in [2.24, 2.45) is 0 Å². The molecule has 0 amide bonds. The standard InChI is InChI=1S/C12H9BrN4O2S/c1-6-4-7(13)5-16-11(14)10(15-12(6)16)8-2-3-9(20-8)17(18)19/h2-5H,14H2,1H3. The fourth-order valence-corrected chi connectivity index (χ4v) is 3.39. The number of imidazole rings is 1. The van der Waals surface area contributed by atoms with Crippen molar-refractivity contribution in [2.75, 3.05) is 5.73 Å². The topological polar surface area (TPSA) is 86.5 Å². The molecule has 3 heterocycles. The highest BCUT2D eigenvalue weighted by molar-refractivity contribution is 9.10. The zero-order valence-corrected chi connectivity index (χ0v) is 12.7. The van der Waals surface area contributed by atoms with Gasteiger partial charge in [0.2, 0.25) is 0 Å². The molecule has 3 rings (SSSR count). The van der Waals surface area contributed by atoms with Crippen molar-refractivity contribution in [3.05, 3.63) is 44.5 Å². The molecule has 102 valence electrons. The van der Waals surface area contributed by atoms with Crippen LogP contribution in [0.2, 0.25) is 0 Å². The third kappa shape index (κ3) is 1.97. The predicted octanol–water partition coefficient (Wildman–Crippen LogP) is 3.62. The number of aryl methyl sites for hydroxylation is 1. The van der Waals surface area contributed by atoms with E-state index in [2.05, 4.69) is 20.9 Å². The van der Waals surface area contributed by atoms with E-state index in [0.29, 0.717) is 16.4 Å². The van der Waals surface area contributed by atoms with Crippen LogP contribution in [0, 0.1) is 17.0 Å². The van der Waals surface area contributed by atoms with Gasteiger partial charge in [0.1, 0.15) is 17.2 Å². The first-order chi connectivity index (χ1) is 9.47. The third-order valence-corrected chi connectivity index (χ3v) is 4.39. The zero-order valence-electron chi connectivity index (χ0n) is 10.3. The molecule has 0 radical (unpaired) electrons. The van der Waals surface area contributed by atoms with Gasteiger partial charge in [-0.1, -0.05) is 11.3 Å². The molecule has 0 aliphatic rings. The van der Waals surface area contributed by atoms with Crippen molar-refractivity contribution in [1.82, 2.24) is 9.38 Å². The Bertz CT molecular complexity index is 839. The lowest BCUT2D eigenvalue weighted by atomic mass is 10.3. The number of nitrogen functional groups attached to an aromatic ring is 1. The second kappa shape index (κ2) is 4.57. The molecule has 3 aromatic rings. The molecule has 0 bridgehead atoms. The number of hydrogen-bond acceptors (Lipinski definition) is 5. The first-order valence-electron chi connectivity index (χ1n) is 5.65. The average molecular weight is 353 g/mol. The lowest BCUT2D eigenvalue weighted by Gasteiger charge is -2.00. The van der Waals surface area contributed by atoms with E-state index in [9.17, 15) is 10.1 Å². The minimum absolute atomic E-state index is 0.0781. The maximum Gasteiger partial charge on any atom is 0.324 e. The summed E-state index contributed by atoms with van der Waals surface area (Å²) in [6.07, 6.45) is 1.83. The Morgan fingerprint density at radius 2 is 2.25 bits per heavy atom. The molecule has 0 aliphatic heterocycles. The number of fused-ring (bicyclic) bond motifs is 1. The Labute approximate surface area is 126 Å². The molecule has 0 aliphatic carbocycles. The van der Waals surface area contributed by atoms with Gasteiger partial charge in [-0.25, -0.2) is 4.98 Å². The summed E-state index contributed by atoms with van der Waals surface area (Å²) < 4.78 is 2.68. The van der Waals surface area contributed by atoms with Gasteiger partial charge in [-0.15, -0.1) is 0 Å². The van der Waals surface area contributed by atoms with Crippen LogP contribution < -0.4 is 5.73 Å². The maximum atomic E-state index is 10.8. The molecule has 8 heteroatoms. The summed E-state index contributed by atoms with van der Waals surface area (Å²) >= 11 is 4.48. The highest BCUT2D eigenvalue weighted by Gasteiger charge is 2.18. The summed E-state index contributed by atoms with van der Waals surface area (Å²) in [5.74, 6) is 0.473. The Kier molecular flexibility index (Phi) is 2.98. The molecule has 0 saturated heterocycles. The van der Waals surface area contributed by atoms with Gasteiger partial charge in [0.25, 0.3) is 0 Å². The van der Waals surface area contributed by atoms with E-state index in [4.69, 9.17) is 5.73 Å². The van der Waals surface area contributed by atoms with E-state index >= 15 is 0 Å². The van der Waals surface area contributed by atoms with Gasteiger partial charge in [-0.3, -0.25) is 14.5 Å². The number of hydrogen-bond donors (Lipinski definition) is 1. The zero-order chi connectivity index (χ0) is 14.4. The van der Waals surface area contributed by atoms with E-state index < -0.39 is 4.92 Å². The summed E-state index contributed by atoms with van der Waals surface area (Å²) in [5, 5.41) is 10.8. The number of thiophene rings is 1. The summed E-state index contributed by atoms with van der Waals surface area (Å²) in [4.78, 5) is 15.5. The fraction of sp³-hybridized carbons (Fsp3) is 0.0833. The van der Waals surface area contributed by atoms with Gasteiger partial charge < -0.3 is 5.73 Å². The summed E-state index contributed by atoms with van der Waals surface area (Å²) in [7, 11) is 0. The second-order valence-corrected chi connectivity index (χ2v) is 6.25. The second-order valence-electron chi connectivity index (χ2n) is 4.28. The van der Waals surface area contributed by atoms with Crippen molar-refractivity contribution in [1.29, 1.82) is 0 Å². The van der Waals surface area contributed by atoms with E-state index in [1.807, 2.05) is 19.2 Å². The Hall–Kier alpha value is -1.93. The Morgan fingerprint density at radius 3 is 2.90 bits per heavy atom. The summed E-state index contributed by atoms with van der Waals surface area (Å²) in [5.41, 5.74) is 8.41. The first-order valence-corrected chi connectivity index (χ1v) is 7.26. The van der Waals surface area contributed by atoms with Crippen molar-refractivity contribution in [3.63, 3.8) is 0 Å². The Balaban J connectivity index is 2.23. The molecule has 0 fully saturated rings. The quantitative estimate of drug-likeness (QED) is 0.563. The largest absolute Gasteiger partial charge is 0.383 e. The van der Waals surface area contributed by atoms with Crippen molar-refractivity contribution in [3.8, 4) is 10.6 Å². The highest BCUT2D eigenvalue weighted by atomic mass is 79.9. The molecule has 3 aromatic heterocycles. The van der Waals surface area contributed by atoms with Crippen LogP contribution in [0.5, 0.6) is 0 Å². The number of aromatic nitrogens is 2. The molecule has 0 unspecified atom stereocenters. The normalized spacial score (nSPS) is 11.1. The molecule has 20 heavy (non-hydrogen) atoms. The first kappa shape index (κ1) is 13.1. The molecule has 2 N–H and O–H groups in total. The van der Waals surface area contributed by atoms with Crippen LogP contribution in [0.15, 0.2) is 28.9 Å². The lowest BCUT2D eigenvalue weighted by Crippen LogP contribution is -1.94. The molecular weight excluding hydrogens is 344 g/mol. The molecule has 6 nitrogen and oxygen atoms in total. The van der Waals surface area contributed by atoms with Crippen LogP contribution in [0.25, 0.3) is 16.2 Å². The maximum absolute atomic E-state index is 10.8. The van der Waals surface area contributed by atoms with Crippen LogP contribution in [-0.2, 0) is 0 Å². The van der Waals surface area contributed by atoms with E-state index in [0.717, 1.165) is 27.0 Å². The van der Waals surface area contributed by atoms with Crippen LogP contribution in [0.1, 0.15) is 5.56 Å². The van der Waals surface area contributed by atoms with Gasteiger partial charge in [0.05, 0.1) is 9.80 Å². The van der Waals surface area contributed by atoms with Crippen molar-refractivity contribution < 1.29 is 4.92 Å². The van der Waals surface area contributed by atoms with E-state index in [1.165, 1.54) is 6.07 Å². The van der Waals surface area contributed by atoms with Crippen LogP contribution in [0.4, 0.5) is 10.8 Å². The van der Waals surface area contributed by atoms with E-state index in [1.54, 1.807) is 10.5 Å². The highest BCUT2D eigenvalue weighted by Crippen LogP contribution is 2.36. The SMILES string of the molecule is Cc1cc(Br)cn2c(N)c(-c3ccc([N+](=O)[O-])s3)nc12. The van der Waals surface area contributed by atoms with Gasteiger partial charge in [-0.05, 0) is 40.5 Å². The summed E-state index contributed by atoms with van der Waals surface area (Å²) in [6, 6.07) is 5.08. The van der Waals surface area contributed by atoms with Gasteiger partial charge in [0, 0.05) is 16.7 Å². The predicted molar refractivity (Wildman–Crippen MR) is 82.0 cm³/mol. The van der Waals surface area contributed by atoms with Crippen LogP contribution in [-0.4, -0.2) is 14.3 Å². The number of nitro groups is 1. The molecular formula is C12H9BrN4O2S. The van der Waals surface area contributed by atoms with Crippen molar-refractivity contribution >= 4 is 43.7 Å². The minimum Gasteiger partial charge on any atom is -0.383 e. The summed E-state index contributed by atoms with van der Waals surface area (Å²) in [6.45, 7) is 1.94.